The molecule has 0 fully saturated rings. The minimum Gasteiger partial charge on any atom is -0.508 e. The third-order valence-corrected chi connectivity index (χ3v) is 10.8. The lowest BCUT2D eigenvalue weighted by Crippen LogP contribution is -1.87. The molecule has 0 unspecified atom stereocenters. The van der Waals surface area contributed by atoms with Gasteiger partial charge in [0.15, 0.2) is 0 Å². The van der Waals surface area contributed by atoms with Crippen LogP contribution in [0.5, 0.6) is 5.75 Å². The number of phenols is 1. The summed E-state index contributed by atoms with van der Waals surface area (Å²) in [5, 5.41) is 9.84. The van der Waals surface area contributed by atoms with Crippen LogP contribution in [0.3, 0.4) is 0 Å². The van der Waals surface area contributed by atoms with E-state index >= 15 is 0 Å². The first kappa shape index (κ1) is 44.0. The lowest BCUT2D eigenvalue weighted by molar-refractivity contribution is 0.465. The lowest BCUT2D eigenvalue weighted by atomic mass is 10.0. The molecule has 0 radical (unpaired) electrons. The number of benzene rings is 1. The summed E-state index contributed by atoms with van der Waals surface area (Å²) in [6, 6.07) is 7.80. The molecule has 0 heterocycles. The van der Waals surface area contributed by atoms with E-state index in [0.717, 1.165) is 12.0 Å². The molecule has 0 aromatic heterocycles. The quantitative estimate of drug-likeness (QED) is 0.0700. The van der Waals surface area contributed by atoms with Gasteiger partial charge in [0.05, 0.1) is 0 Å². The van der Waals surface area contributed by atoms with Crippen molar-refractivity contribution in [2.24, 2.45) is 0 Å². The van der Waals surface area contributed by atoms with Crippen LogP contribution in [0.4, 0.5) is 0 Å². The van der Waals surface area contributed by atoms with Gasteiger partial charge in [-0.3, -0.25) is 0 Å². The van der Waals surface area contributed by atoms with Gasteiger partial charge in [0.2, 0.25) is 0 Å². The molecule has 0 aliphatic heterocycles. The van der Waals surface area contributed by atoms with E-state index in [1.807, 2.05) is 12.1 Å². The zero-order valence-electron chi connectivity index (χ0n) is 32.3. The number of rotatable bonds is 39. The summed E-state index contributed by atoms with van der Waals surface area (Å²) in [6.45, 7) is 2.31. The van der Waals surface area contributed by atoms with Crippen LogP contribution < -0.4 is 0 Å². The lowest BCUT2D eigenvalue weighted by Gasteiger charge is -2.05. The van der Waals surface area contributed by atoms with E-state index in [0.29, 0.717) is 5.75 Å². The Morgan fingerprint density at radius 1 is 0.298 bits per heavy atom. The molecule has 0 aliphatic carbocycles. The predicted molar refractivity (Wildman–Crippen MR) is 213 cm³/mol. The Bertz CT molecular complexity index is 711. The molecule has 1 aromatic carbocycles. The molecule has 276 valence electrons. The van der Waals surface area contributed by atoms with E-state index in [4.69, 9.17) is 0 Å². The van der Waals surface area contributed by atoms with E-state index in [9.17, 15) is 5.11 Å². The molecule has 0 amide bonds. The molecule has 0 bridgehead atoms. The number of aryl methyl sites for hydroxylation is 1. The maximum absolute atomic E-state index is 9.84. The molecule has 1 rings (SSSR count). The van der Waals surface area contributed by atoms with Crippen molar-refractivity contribution in [2.75, 3.05) is 0 Å². The van der Waals surface area contributed by atoms with Crippen LogP contribution in [0, 0.1) is 0 Å². The van der Waals surface area contributed by atoms with Gasteiger partial charge in [-0.25, -0.2) is 0 Å². The zero-order valence-corrected chi connectivity index (χ0v) is 32.3. The molecule has 1 nitrogen and oxygen atoms in total. The highest BCUT2D eigenvalue weighted by Crippen LogP contribution is 2.20. The Kier molecular flexibility index (Phi) is 35.5. The van der Waals surface area contributed by atoms with Crippen molar-refractivity contribution in [2.45, 2.75) is 257 Å². The number of para-hydroxylation sites is 1. The highest BCUT2D eigenvalue weighted by atomic mass is 16.3. The fraction of sp³-hybridized carbons (Fsp3) is 0.870. The molecule has 0 saturated heterocycles. The van der Waals surface area contributed by atoms with Crippen LogP contribution in [0.1, 0.15) is 256 Å². The first-order chi connectivity index (χ1) is 23.3. The Hall–Kier alpha value is -0.980. The molecular weight excluding hydrogens is 569 g/mol. The van der Waals surface area contributed by atoms with E-state index in [2.05, 4.69) is 13.0 Å². The van der Waals surface area contributed by atoms with Crippen LogP contribution in [0.2, 0.25) is 0 Å². The standard InChI is InChI=1S/C46H86O/c1-2-3-4-5-6-7-8-9-10-11-12-13-14-15-16-17-18-19-20-21-22-23-24-25-26-27-28-29-30-31-32-33-34-35-36-37-38-39-42-45-43-40-41-44-46(45)47/h40-41,43-44,47H,2-39,42H2,1H3. The van der Waals surface area contributed by atoms with Gasteiger partial charge in [-0.1, -0.05) is 263 Å². The third-order valence-electron chi connectivity index (χ3n) is 10.8. The van der Waals surface area contributed by atoms with Crippen LogP contribution in [0.15, 0.2) is 24.3 Å². The Balaban J connectivity index is 1.62. The molecule has 0 atom stereocenters. The fourth-order valence-electron chi connectivity index (χ4n) is 7.47. The third kappa shape index (κ3) is 33.3. The second-order valence-corrected chi connectivity index (χ2v) is 15.5. The van der Waals surface area contributed by atoms with Crippen molar-refractivity contribution in [1.29, 1.82) is 0 Å². The SMILES string of the molecule is CCCCCCCCCCCCCCCCCCCCCCCCCCCCCCCCCCCCCCCCc1ccccc1O. The molecular formula is C46H86O. The van der Waals surface area contributed by atoms with Gasteiger partial charge < -0.3 is 5.11 Å². The monoisotopic (exact) mass is 655 g/mol. The largest absolute Gasteiger partial charge is 0.508 e. The minimum absolute atomic E-state index is 0.467. The van der Waals surface area contributed by atoms with Crippen molar-refractivity contribution >= 4 is 0 Å². The highest BCUT2D eigenvalue weighted by Gasteiger charge is 2.00. The number of hydrogen-bond acceptors (Lipinski definition) is 1. The number of unbranched alkanes of at least 4 members (excludes halogenated alkanes) is 37. The van der Waals surface area contributed by atoms with Gasteiger partial charge in [-0.05, 0) is 24.5 Å². The van der Waals surface area contributed by atoms with Crippen LogP contribution in [0.25, 0.3) is 0 Å². The summed E-state index contributed by atoms with van der Waals surface area (Å²) in [7, 11) is 0. The van der Waals surface area contributed by atoms with Crippen molar-refractivity contribution in [1.82, 2.24) is 0 Å². The molecule has 47 heavy (non-hydrogen) atoms. The molecule has 1 heteroatoms. The molecule has 0 saturated carbocycles. The van der Waals surface area contributed by atoms with Gasteiger partial charge in [0.25, 0.3) is 0 Å². The summed E-state index contributed by atoms with van der Waals surface area (Å²) >= 11 is 0. The number of aromatic hydroxyl groups is 1. The molecule has 0 aliphatic rings. The summed E-state index contributed by atoms with van der Waals surface area (Å²) in [4.78, 5) is 0. The average molecular weight is 655 g/mol. The maximum Gasteiger partial charge on any atom is 0.118 e. The predicted octanol–water partition coefficient (Wildman–Crippen LogP) is 16.8. The normalized spacial score (nSPS) is 11.5. The van der Waals surface area contributed by atoms with Crippen molar-refractivity contribution < 1.29 is 5.11 Å². The van der Waals surface area contributed by atoms with Gasteiger partial charge in [0, 0.05) is 0 Å². The summed E-state index contributed by atoms with van der Waals surface area (Å²) in [5.41, 5.74) is 1.11. The summed E-state index contributed by atoms with van der Waals surface area (Å²) < 4.78 is 0. The molecule has 1 N–H and O–H groups in total. The Morgan fingerprint density at radius 3 is 0.745 bits per heavy atom. The average Bonchev–Trinajstić information content (AvgIpc) is 3.08. The number of hydrogen-bond donors (Lipinski definition) is 1. The smallest absolute Gasteiger partial charge is 0.118 e. The summed E-state index contributed by atoms with van der Waals surface area (Å²) in [5.74, 6) is 0.467. The Morgan fingerprint density at radius 2 is 0.511 bits per heavy atom. The van der Waals surface area contributed by atoms with Crippen LogP contribution >= 0.6 is 0 Å². The highest BCUT2D eigenvalue weighted by molar-refractivity contribution is 5.31. The minimum atomic E-state index is 0.467. The van der Waals surface area contributed by atoms with Crippen LogP contribution in [-0.2, 0) is 6.42 Å². The van der Waals surface area contributed by atoms with Crippen molar-refractivity contribution in [3.63, 3.8) is 0 Å². The second kappa shape index (κ2) is 37.8. The van der Waals surface area contributed by atoms with E-state index in [1.165, 1.54) is 244 Å². The van der Waals surface area contributed by atoms with Gasteiger partial charge in [0.1, 0.15) is 5.75 Å². The first-order valence-electron chi connectivity index (χ1n) is 22.1. The van der Waals surface area contributed by atoms with Gasteiger partial charge in [-0.15, -0.1) is 0 Å². The number of phenolic OH excluding ortho intramolecular Hbond substituents is 1. The molecule has 0 spiro atoms. The van der Waals surface area contributed by atoms with E-state index in [-0.39, 0.29) is 0 Å². The van der Waals surface area contributed by atoms with Gasteiger partial charge >= 0.3 is 0 Å². The first-order valence-corrected chi connectivity index (χ1v) is 22.1. The zero-order chi connectivity index (χ0) is 33.6. The van der Waals surface area contributed by atoms with E-state index in [1.54, 1.807) is 6.07 Å². The van der Waals surface area contributed by atoms with Crippen molar-refractivity contribution in [3.8, 4) is 5.75 Å². The van der Waals surface area contributed by atoms with Gasteiger partial charge in [-0.2, -0.15) is 0 Å². The Labute approximate surface area is 297 Å². The second-order valence-electron chi connectivity index (χ2n) is 15.5. The van der Waals surface area contributed by atoms with Crippen molar-refractivity contribution in [3.05, 3.63) is 29.8 Å². The summed E-state index contributed by atoms with van der Waals surface area (Å²) in [6.07, 6.45) is 56.3. The fourth-order valence-corrected chi connectivity index (χ4v) is 7.47. The van der Waals surface area contributed by atoms with Crippen LogP contribution in [-0.4, -0.2) is 5.11 Å². The van der Waals surface area contributed by atoms with E-state index < -0.39 is 0 Å². The topological polar surface area (TPSA) is 20.2 Å². The molecule has 1 aromatic rings. The maximum atomic E-state index is 9.84.